The molecule has 6 nitrogen and oxygen atoms in total. The van der Waals surface area contributed by atoms with Gasteiger partial charge in [-0.3, -0.25) is 9.59 Å². The molecule has 0 unspecified atom stereocenters. The maximum Gasteiger partial charge on any atom is 0.253 e. The van der Waals surface area contributed by atoms with E-state index in [1.807, 2.05) is 13.8 Å². The average molecular weight is 359 g/mol. The molecular weight excluding hydrogens is 338 g/mol. The minimum Gasteiger partial charge on any atom is -0.361 e. The van der Waals surface area contributed by atoms with Gasteiger partial charge in [0.1, 0.15) is 5.76 Å². The number of carbonyl (C=O) groups excluding carboxylic acids is 2. The molecule has 1 aromatic heterocycles. The van der Waals surface area contributed by atoms with Crippen molar-refractivity contribution in [1.29, 1.82) is 0 Å². The van der Waals surface area contributed by atoms with Crippen LogP contribution in [0.15, 0.2) is 41.4 Å². The molecule has 0 aliphatic heterocycles. The van der Waals surface area contributed by atoms with Crippen LogP contribution in [-0.4, -0.2) is 29.3 Å². The largest absolute Gasteiger partial charge is 0.361 e. The summed E-state index contributed by atoms with van der Waals surface area (Å²) < 4.78 is 5.11. The summed E-state index contributed by atoms with van der Waals surface area (Å²) in [6, 6.07) is 6.91. The number of anilines is 1. The summed E-state index contributed by atoms with van der Waals surface area (Å²) >= 11 is 1.47. The number of carbonyl (C=O) groups is 2. The first-order chi connectivity index (χ1) is 12.0. The Morgan fingerprint density at radius 3 is 2.76 bits per heavy atom. The Bertz CT molecular complexity index is 751. The number of hydrogen-bond donors (Lipinski definition) is 2. The highest BCUT2D eigenvalue weighted by Gasteiger charge is 2.13. The fourth-order valence-electron chi connectivity index (χ4n) is 2.19. The van der Waals surface area contributed by atoms with E-state index in [2.05, 4.69) is 22.4 Å². The molecule has 0 aliphatic carbocycles. The van der Waals surface area contributed by atoms with E-state index in [0.717, 1.165) is 17.0 Å². The number of rotatable bonds is 8. The van der Waals surface area contributed by atoms with Gasteiger partial charge in [0.2, 0.25) is 5.91 Å². The molecule has 2 aromatic rings. The third kappa shape index (κ3) is 5.22. The number of nitrogens with one attached hydrogen (secondary N) is 2. The molecule has 132 valence electrons. The molecule has 1 aromatic carbocycles. The van der Waals surface area contributed by atoms with Gasteiger partial charge < -0.3 is 15.2 Å². The minimum atomic E-state index is -0.251. The molecule has 0 radical (unpaired) electrons. The molecule has 2 N–H and O–H groups in total. The number of hydrogen-bond acceptors (Lipinski definition) is 5. The molecule has 2 amide bonds. The van der Waals surface area contributed by atoms with Crippen molar-refractivity contribution in [2.75, 3.05) is 17.6 Å². The molecule has 0 bridgehead atoms. The highest BCUT2D eigenvalue weighted by atomic mass is 32.2. The first-order valence-electron chi connectivity index (χ1n) is 7.80. The highest BCUT2D eigenvalue weighted by molar-refractivity contribution is 7.99. The van der Waals surface area contributed by atoms with Crippen LogP contribution in [0, 0.1) is 13.8 Å². The lowest BCUT2D eigenvalue weighted by Crippen LogP contribution is -2.25. The quantitative estimate of drug-likeness (QED) is 0.708. The van der Waals surface area contributed by atoms with Gasteiger partial charge in [-0.1, -0.05) is 23.4 Å². The van der Waals surface area contributed by atoms with Crippen LogP contribution in [0.25, 0.3) is 0 Å². The number of thioether (sulfide) groups is 1. The fraction of sp³-hybridized carbons (Fsp3) is 0.278. The number of para-hydroxylation sites is 1. The zero-order valence-corrected chi connectivity index (χ0v) is 15.1. The Hall–Kier alpha value is -2.54. The van der Waals surface area contributed by atoms with Crippen LogP contribution in [0.2, 0.25) is 0 Å². The van der Waals surface area contributed by atoms with Crippen LogP contribution >= 0.6 is 11.8 Å². The fourth-order valence-corrected chi connectivity index (χ4v) is 3.17. The molecular formula is C18H21N3O3S. The van der Waals surface area contributed by atoms with Crippen LogP contribution in [0.1, 0.15) is 27.4 Å². The number of nitrogens with zero attached hydrogens (tertiary/aromatic N) is 1. The van der Waals surface area contributed by atoms with Crippen LogP contribution in [0.3, 0.4) is 0 Å². The number of aryl methyl sites for hydroxylation is 2. The normalized spacial score (nSPS) is 10.3. The summed E-state index contributed by atoms with van der Waals surface area (Å²) in [5.41, 5.74) is 2.78. The second kappa shape index (κ2) is 9.08. The second-order valence-corrected chi connectivity index (χ2v) is 6.37. The predicted molar refractivity (Wildman–Crippen MR) is 99.7 cm³/mol. The van der Waals surface area contributed by atoms with Gasteiger partial charge >= 0.3 is 0 Å². The van der Waals surface area contributed by atoms with Gasteiger partial charge in [-0.05, 0) is 26.0 Å². The lowest BCUT2D eigenvalue weighted by Gasteiger charge is -2.10. The summed E-state index contributed by atoms with van der Waals surface area (Å²) in [5.74, 6) is 1.28. The van der Waals surface area contributed by atoms with E-state index in [0.29, 0.717) is 23.5 Å². The summed E-state index contributed by atoms with van der Waals surface area (Å²) in [4.78, 5) is 24.3. The second-order valence-electron chi connectivity index (χ2n) is 5.39. The molecule has 7 heteroatoms. The topological polar surface area (TPSA) is 84.2 Å². The van der Waals surface area contributed by atoms with Crippen LogP contribution < -0.4 is 10.6 Å². The SMILES string of the molecule is C=CCNC(=O)c1ccccc1NC(=O)CSCc1c(C)noc1C. The Labute approximate surface area is 151 Å². The summed E-state index contributed by atoms with van der Waals surface area (Å²) in [6.45, 7) is 7.67. The summed E-state index contributed by atoms with van der Waals surface area (Å²) in [5, 5.41) is 9.39. The van der Waals surface area contributed by atoms with Crippen molar-refractivity contribution in [3.05, 3.63) is 59.5 Å². The van der Waals surface area contributed by atoms with E-state index in [1.54, 1.807) is 30.3 Å². The third-order valence-electron chi connectivity index (χ3n) is 3.51. The maximum atomic E-state index is 12.2. The van der Waals surface area contributed by atoms with Crippen LogP contribution in [-0.2, 0) is 10.5 Å². The van der Waals surface area contributed by atoms with E-state index in [1.165, 1.54) is 11.8 Å². The van der Waals surface area contributed by atoms with Crippen LogP contribution in [0.4, 0.5) is 5.69 Å². The zero-order valence-electron chi connectivity index (χ0n) is 14.3. The van der Waals surface area contributed by atoms with Gasteiger partial charge in [0.15, 0.2) is 0 Å². The average Bonchev–Trinajstić information content (AvgIpc) is 2.92. The monoisotopic (exact) mass is 359 g/mol. The molecule has 2 rings (SSSR count). The van der Waals surface area contributed by atoms with Gasteiger partial charge in [0.25, 0.3) is 5.91 Å². The Morgan fingerprint density at radius 2 is 2.08 bits per heavy atom. The molecule has 0 saturated heterocycles. The molecule has 0 spiro atoms. The van der Waals surface area contributed by atoms with Gasteiger partial charge in [0.05, 0.1) is 22.7 Å². The van der Waals surface area contributed by atoms with Gasteiger partial charge in [0, 0.05) is 17.9 Å². The van der Waals surface area contributed by atoms with Gasteiger partial charge in [-0.2, -0.15) is 0 Å². The molecule has 0 atom stereocenters. The smallest absolute Gasteiger partial charge is 0.253 e. The van der Waals surface area contributed by atoms with Gasteiger partial charge in [-0.15, -0.1) is 18.3 Å². The van der Waals surface area contributed by atoms with Crippen molar-refractivity contribution in [1.82, 2.24) is 10.5 Å². The van der Waals surface area contributed by atoms with Crippen molar-refractivity contribution >= 4 is 29.3 Å². The van der Waals surface area contributed by atoms with Crippen molar-refractivity contribution < 1.29 is 14.1 Å². The summed E-state index contributed by atoms with van der Waals surface area (Å²) in [6.07, 6.45) is 1.60. The maximum absolute atomic E-state index is 12.2. The van der Waals surface area contributed by atoms with E-state index < -0.39 is 0 Å². The number of aromatic nitrogens is 1. The molecule has 0 fully saturated rings. The van der Waals surface area contributed by atoms with Crippen molar-refractivity contribution in [2.45, 2.75) is 19.6 Å². The molecule has 0 aliphatic rings. The zero-order chi connectivity index (χ0) is 18.2. The first-order valence-corrected chi connectivity index (χ1v) is 8.96. The highest BCUT2D eigenvalue weighted by Crippen LogP contribution is 2.20. The number of benzene rings is 1. The number of amides is 2. The van der Waals surface area contributed by atoms with E-state index >= 15 is 0 Å². The predicted octanol–water partition coefficient (Wildman–Crippen LogP) is 3.08. The Balaban J connectivity index is 1.92. The molecule has 25 heavy (non-hydrogen) atoms. The van der Waals surface area contributed by atoms with E-state index in [9.17, 15) is 9.59 Å². The molecule has 1 heterocycles. The molecule has 0 saturated carbocycles. The third-order valence-corrected chi connectivity index (χ3v) is 4.47. The Kier molecular flexibility index (Phi) is 6.82. The van der Waals surface area contributed by atoms with Gasteiger partial charge in [-0.25, -0.2) is 0 Å². The van der Waals surface area contributed by atoms with E-state index in [4.69, 9.17) is 4.52 Å². The lowest BCUT2D eigenvalue weighted by atomic mass is 10.1. The van der Waals surface area contributed by atoms with Crippen molar-refractivity contribution in [3.63, 3.8) is 0 Å². The first kappa shape index (κ1) is 18.8. The van der Waals surface area contributed by atoms with Crippen molar-refractivity contribution in [3.8, 4) is 0 Å². The standard InChI is InChI=1S/C18H21N3O3S/c1-4-9-19-18(23)14-7-5-6-8-16(14)20-17(22)11-25-10-15-12(2)21-24-13(15)3/h4-8H,1,9-11H2,2-3H3,(H,19,23)(H,20,22). The van der Waals surface area contributed by atoms with Crippen LogP contribution in [0.5, 0.6) is 0 Å². The van der Waals surface area contributed by atoms with E-state index in [-0.39, 0.29) is 17.6 Å². The lowest BCUT2D eigenvalue weighted by molar-refractivity contribution is -0.113. The minimum absolute atomic E-state index is 0.166. The summed E-state index contributed by atoms with van der Waals surface area (Å²) in [7, 11) is 0. The Morgan fingerprint density at radius 1 is 1.32 bits per heavy atom. The van der Waals surface area contributed by atoms with Crippen molar-refractivity contribution in [2.24, 2.45) is 0 Å².